The second kappa shape index (κ2) is 7.25. The summed E-state index contributed by atoms with van der Waals surface area (Å²) >= 11 is 5.87. The lowest BCUT2D eigenvalue weighted by atomic mass is 10.1. The molecule has 0 atom stereocenters. The third-order valence-electron chi connectivity index (χ3n) is 4.22. The number of oxazole rings is 1. The number of benzene rings is 3. The highest BCUT2D eigenvalue weighted by Crippen LogP contribution is 2.27. The maximum absolute atomic E-state index is 12.3. The van der Waals surface area contributed by atoms with E-state index in [9.17, 15) is 4.79 Å². The van der Waals surface area contributed by atoms with E-state index in [0.29, 0.717) is 22.2 Å². The lowest BCUT2D eigenvalue weighted by molar-refractivity contribution is -0.115. The fourth-order valence-corrected chi connectivity index (χ4v) is 3.02. The highest BCUT2D eigenvalue weighted by atomic mass is 35.5. The predicted molar refractivity (Wildman–Crippen MR) is 108 cm³/mol. The number of nitrogens with zero attached hydrogens (tertiary/aromatic N) is 1. The van der Waals surface area contributed by atoms with Crippen LogP contribution in [0.1, 0.15) is 11.1 Å². The van der Waals surface area contributed by atoms with E-state index < -0.39 is 0 Å². The van der Waals surface area contributed by atoms with E-state index in [0.717, 1.165) is 22.2 Å². The van der Waals surface area contributed by atoms with Crippen LogP contribution >= 0.6 is 11.6 Å². The van der Waals surface area contributed by atoms with Gasteiger partial charge < -0.3 is 9.73 Å². The minimum atomic E-state index is -0.102. The first-order valence-corrected chi connectivity index (χ1v) is 8.96. The van der Waals surface area contributed by atoms with Gasteiger partial charge in [0.1, 0.15) is 5.52 Å². The number of fused-ring (bicyclic) bond motifs is 1. The number of aryl methyl sites for hydroxylation is 1. The van der Waals surface area contributed by atoms with E-state index in [4.69, 9.17) is 16.0 Å². The second-order valence-corrected chi connectivity index (χ2v) is 6.86. The number of aromatic nitrogens is 1. The van der Waals surface area contributed by atoms with Gasteiger partial charge in [-0.05, 0) is 48.9 Å². The molecule has 134 valence electrons. The fraction of sp³-hybridized carbons (Fsp3) is 0.0909. The highest BCUT2D eigenvalue weighted by molar-refractivity contribution is 6.30. The van der Waals surface area contributed by atoms with Gasteiger partial charge in [0.2, 0.25) is 11.8 Å². The molecule has 0 spiro atoms. The lowest BCUT2D eigenvalue weighted by Crippen LogP contribution is -2.14. The maximum atomic E-state index is 12.3. The quantitative estimate of drug-likeness (QED) is 0.501. The predicted octanol–water partition coefficient (Wildman–Crippen LogP) is 5.64. The Balaban J connectivity index is 1.53. The molecule has 27 heavy (non-hydrogen) atoms. The molecule has 0 saturated carbocycles. The van der Waals surface area contributed by atoms with Gasteiger partial charge in [0.05, 0.1) is 6.42 Å². The first-order valence-electron chi connectivity index (χ1n) is 8.59. The van der Waals surface area contributed by atoms with Crippen LogP contribution in [0.25, 0.3) is 22.6 Å². The molecule has 4 rings (SSSR count). The Morgan fingerprint density at radius 1 is 1.07 bits per heavy atom. The Morgan fingerprint density at radius 2 is 1.89 bits per heavy atom. The smallest absolute Gasteiger partial charge is 0.228 e. The molecule has 5 heteroatoms. The third kappa shape index (κ3) is 4.01. The van der Waals surface area contributed by atoms with Crippen molar-refractivity contribution >= 4 is 34.3 Å². The first-order chi connectivity index (χ1) is 13.1. The van der Waals surface area contributed by atoms with Crippen LogP contribution in [-0.4, -0.2) is 10.9 Å². The number of hydrogen-bond acceptors (Lipinski definition) is 3. The van der Waals surface area contributed by atoms with Crippen molar-refractivity contribution in [1.29, 1.82) is 0 Å². The van der Waals surface area contributed by atoms with Crippen molar-refractivity contribution in [2.75, 3.05) is 5.32 Å². The molecule has 4 aromatic rings. The average molecular weight is 377 g/mol. The number of amides is 1. The summed E-state index contributed by atoms with van der Waals surface area (Å²) in [7, 11) is 0. The molecule has 1 amide bonds. The number of carbonyl (C=O) groups is 1. The van der Waals surface area contributed by atoms with Crippen LogP contribution in [0.3, 0.4) is 0 Å². The van der Waals surface area contributed by atoms with Gasteiger partial charge in [-0.15, -0.1) is 0 Å². The summed E-state index contributed by atoms with van der Waals surface area (Å²) in [6, 6.07) is 20.7. The van der Waals surface area contributed by atoms with Gasteiger partial charge in [-0.2, -0.15) is 0 Å². The van der Waals surface area contributed by atoms with Crippen LogP contribution in [0.5, 0.6) is 0 Å². The van der Waals surface area contributed by atoms with Gasteiger partial charge >= 0.3 is 0 Å². The number of carbonyl (C=O) groups excluding carboxylic acids is 1. The van der Waals surface area contributed by atoms with Crippen molar-refractivity contribution in [2.24, 2.45) is 0 Å². The largest absolute Gasteiger partial charge is 0.436 e. The number of nitrogens with one attached hydrogen (secondary N) is 1. The zero-order valence-electron chi connectivity index (χ0n) is 14.7. The van der Waals surface area contributed by atoms with Crippen LogP contribution in [0.15, 0.2) is 71.1 Å². The van der Waals surface area contributed by atoms with Gasteiger partial charge in [-0.1, -0.05) is 41.4 Å². The van der Waals surface area contributed by atoms with E-state index in [-0.39, 0.29) is 12.3 Å². The van der Waals surface area contributed by atoms with Crippen molar-refractivity contribution in [3.05, 3.63) is 82.9 Å². The third-order valence-corrected chi connectivity index (χ3v) is 4.47. The zero-order chi connectivity index (χ0) is 18.8. The lowest BCUT2D eigenvalue weighted by Gasteiger charge is -2.05. The zero-order valence-corrected chi connectivity index (χ0v) is 15.5. The second-order valence-electron chi connectivity index (χ2n) is 6.42. The monoisotopic (exact) mass is 376 g/mol. The molecule has 0 unspecified atom stereocenters. The molecule has 1 N–H and O–H groups in total. The molecule has 0 fully saturated rings. The average Bonchev–Trinajstić information content (AvgIpc) is 3.07. The summed E-state index contributed by atoms with van der Waals surface area (Å²) in [4.78, 5) is 16.8. The van der Waals surface area contributed by atoms with Crippen LogP contribution in [0, 0.1) is 6.92 Å². The highest BCUT2D eigenvalue weighted by Gasteiger charge is 2.10. The topological polar surface area (TPSA) is 55.1 Å². The first kappa shape index (κ1) is 17.3. The van der Waals surface area contributed by atoms with Crippen LogP contribution in [-0.2, 0) is 11.2 Å². The molecular formula is C22H17ClN2O2. The van der Waals surface area contributed by atoms with Crippen molar-refractivity contribution < 1.29 is 9.21 Å². The summed E-state index contributed by atoms with van der Waals surface area (Å²) in [5.41, 5.74) is 5.04. The molecule has 3 aromatic carbocycles. The van der Waals surface area contributed by atoms with Gasteiger partial charge in [0.25, 0.3) is 0 Å². The van der Waals surface area contributed by atoms with E-state index in [1.54, 1.807) is 18.2 Å². The SMILES string of the molecule is Cc1cccc(-c2nc3ccc(NC(=O)Cc4ccc(Cl)cc4)cc3o2)c1. The Kier molecular flexibility index (Phi) is 4.65. The van der Waals surface area contributed by atoms with E-state index in [2.05, 4.69) is 10.3 Å². The number of hydrogen-bond donors (Lipinski definition) is 1. The number of halogens is 1. The normalized spacial score (nSPS) is 10.9. The summed E-state index contributed by atoms with van der Waals surface area (Å²) < 4.78 is 5.89. The van der Waals surface area contributed by atoms with E-state index in [1.807, 2.05) is 55.5 Å². The standard InChI is InChI=1S/C22H17ClN2O2/c1-14-3-2-4-16(11-14)22-25-19-10-9-18(13-20(19)27-22)24-21(26)12-15-5-7-17(23)8-6-15/h2-11,13H,12H2,1H3,(H,24,26). The number of rotatable bonds is 4. The molecule has 0 radical (unpaired) electrons. The van der Waals surface area contributed by atoms with E-state index in [1.165, 1.54) is 0 Å². The Labute approximate surface area is 161 Å². The molecule has 1 heterocycles. The minimum absolute atomic E-state index is 0.102. The minimum Gasteiger partial charge on any atom is -0.436 e. The number of anilines is 1. The van der Waals surface area contributed by atoms with Crippen molar-refractivity contribution in [2.45, 2.75) is 13.3 Å². The van der Waals surface area contributed by atoms with Crippen molar-refractivity contribution in [1.82, 2.24) is 4.98 Å². The Hall–Kier alpha value is -3.11. The van der Waals surface area contributed by atoms with Crippen LogP contribution in [0.4, 0.5) is 5.69 Å². The molecule has 1 aromatic heterocycles. The molecule has 0 aliphatic carbocycles. The molecule has 0 bridgehead atoms. The molecule has 4 nitrogen and oxygen atoms in total. The maximum Gasteiger partial charge on any atom is 0.228 e. The molecule has 0 saturated heterocycles. The van der Waals surface area contributed by atoms with Gasteiger partial charge in [0, 0.05) is 22.3 Å². The summed E-state index contributed by atoms with van der Waals surface area (Å²) in [5, 5.41) is 3.55. The van der Waals surface area contributed by atoms with Gasteiger partial charge in [-0.25, -0.2) is 4.98 Å². The Morgan fingerprint density at radius 3 is 2.67 bits per heavy atom. The van der Waals surface area contributed by atoms with Crippen molar-refractivity contribution in [3.63, 3.8) is 0 Å². The van der Waals surface area contributed by atoms with Crippen LogP contribution < -0.4 is 5.32 Å². The molecular weight excluding hydrogens is 360 g/mol. The van der Waals surface area contributed by atoms with Crippen molar-refractivity contribution in [3.8, 4) is 11.5 Å². The van der Waals surface area contributed by atoms with E-state index >= 15 is 0 Å². The summed E-state index contributed by atoms with van der Waals surface area (Å²) in [5.74, 6) is 0.466. The Bertz CT molecular complexity index is 1120. The summed E-state index contributed by atoms with van der Waals surface area (Å²) in [6.45, 7) is 2.03. The molecule has 0 aliphatic heterocycles. The van der Waals surface area contributed by atoms with Gasteiger partial charge in [-0.3, -0.25) is 4.79 Å². The fourth-order valence-electron chi connectivity index (χ4n) is 2.90. The summed E-state index contributed by atoms with van der Waals surface area (Å²) in [6.07, 6.45) is 0.278. The van der Waals surface area contributed by atoms with Crippen LogP contribution in [0.2, 0.25) is 5.02 Å². The van der Waals surface area contributed by atoms with Gasteiger partial charge in [0.15, 0.2) is 5.58 Å². The molecule has 0 aliphatic rings.